The topological polar surface area (TPSA) is 21.8 Å². The first kappa shape index (κ1) is 8.85. The van der Waals surface area contributed by atoms with Gasteiger partial charge in [0, 0.05) is 0 Å². The van der Waals surface area contributed by atoms with Gasteiger partial charge in [-0.15, -0.1) is 0 Å². The van der Waals surface area contributed by atoms with E-state index in [1.165, 1.54) is 0 Å². The molecule has 0 bridgehead atoms. The van der Waals surface area contributed by atoms with Crippen LogP contribution in [0.1, 0.15) is 5.56 Å². The average molecular weight is 199 g/mol. The standard InChI is InChI=1S/C10H11ClO2/c1-7-2-3-10(9(11)4-7)13-6-8-5-12-8/h2-4,8H,5-6H2,1H3. The summed E-state index contributed by atoms with van der Waals surface area (Å²) in [5.74, 6) is 0.739. The van der Waals surface area contributed by atoms with Crippen molar-refractivity contribution >= 4 is 11.6 Å². The van der Waals surface area contributed by atoms with Gasteiger partial charge in [0.2, 0.25) is 0 Å². The fourth-order valence-electron chi connectivity index (χ4n) is 1.07. The van der Waals surface area contributed by atoms with Gasteiger partial charge in [-0.25, -0.2) is 0 Å². The molecule has 1 aliphatic rings. The molecule has 0 amide bonds. The molecule has 13 heavy (non-hydrogen) atoms. The highest BCUT2D eigenvalue weighted by molar-refractivity contribution is 6.32. The molecule has 0 saturated carbocycles. The van der Waals surface area contributed by atoms with Gasteiger partial charge in [0.05, 0.1) is 11.6 Å². The first-order chi connectivity index (χ1) is 6.25. The van der Waals surface area contributed by atoms with Gasteiger partial charge >= 0.3 is 0 Å². The lowest BCUT2D eigenvalue weighted by molar-refractivity contribution is 0.263. The zero-order valence-corrected chi connectivity index (χ0v) is 8.17. The Morgan fingerprint density at radius 1 is 1.62 bits per heavy atom. The van der Waals surface area contributed by atoms with Crippen LogP contribution in [0, 0.1) is 6.92 Å². The zero-order chi connectivity index (χ0) is 9.26. The maximum Gasteiger partial charge on any atom is 0.138 e. The fourth-order valence-corrected chi connectivity index (χ4v) is 1.36. The summed E-state index contributed by atoms with van der Waals surface area (Å²) in [5.41, 5.74) is 1.14. The van der Waals surface area contributed by atoms with Crippen LogP contribution in [-0.2, 0) is 4.74 Å². The van der Waals surface area contributed by atoms with E-state index in [0.29, 0.717) is 11.6 Å². The van der Waals surface area contributed by atoms with Crippen LogP contribution in [0.15, 0.2) is 18.2 Å². The highest BCUT2D eigenvalue weighted by Gasteiger charge is 2.23. The Kier molecular flexibility index (Phi) is 2.42. The summed E-state index contributed by atoms with van der Waals surface area (Å²) >= 11 is 5.97. The van der Waals surface area contributed by atoms with Crippen LogP contribution < -0.4 is 4.74 Å². The molecule has 3 heteroatoms. The van der Waals surface area contributed by atoms with Crippen LogP contribution in [0.2, 0.25) is 5.02 Å². The molecule has 0 N–H and O–H groups in total. The van der Waals surface area contributed by atoms with Gasteiger partial charge in [-0.3, -0.25) is 0 Å². The average Bonchev–Trinajstić information content (AvgIpc) is 2.86. The van der Waals surface area contributed by atoms with Crippen LogP contribution in [0.3, 0.4) is 0 Å². The molecular weight excluding hydrogens is 188 g/mol. The first-order valence-electron chi connectivity index (χ1n) is 4.26. The summed E-state index contributed by atoms with van der Waals surface area (Å²) < 4.78 is 10.5. The predicted molar refractivity (Wildman–Crippen MR) is 51.4 cm³/mol. The Bertz CT molecular complexity index is 308. The van der Waals surface area contributed by atoms with Crippen LogP contribution in [0.25, 0.3) is 0 Å². The molecule has 0 spiro atoms. The van der Waals surface area contributed by atoms with E-state index in [0.717, 1.165) is 17.9 Å². The molecule has 1 aromatic carbocycles. The zero-order valence-electron chi connectivity index (χ0n) is 7.42. The van der Waals surface area contributed by atoms with Crippen molar-refractivity contribution in [2.75, 3.05) is 13.2 Å². The second kappa shape index (κ2) is 3.56. The lowest BCUT2D eigenvalue weighted by Crippen LogP contribution is -2.04. The number of ether oxygens (including phenoxy) is 2. The molecule has 1 saturated heterocycles. The third-order valence-corrected chi connectivity index (χ3v) is 2.21. The molecule has 0 aliphatic carbocycles. The molecule has 1 atom stereocenters. The third-order valence-electron chi connectivity index (χ3n) is 1.91. The number of benzene rings is 1. The highest BCUT2D eigenvalue weighted by Crippen LogP contribution is 2.26. The van der Waals surface area contributed by atoms with Crippen LogP contribution in [0.4, 0.5) is 0 Å². The number of hydrogen-bond donors (Lipinski definition) is 0. The van der Waals surface area contributed by atoms with Crippen molar-refractivity contribution in [1.29, 1.82) is 0 Å². The number of epoxide rings is 1. The van der Waals surface area contributed by atoms with E-state index in [2.05, 4.69) is 0 Å². The summed E-state index contributed by atoms with van der Waals surface area (Å²) in [6.45, 7) is 3.41. The van der Waals surface area contributed by atoms with Gasteiger partial charge in [-0.2, -0.15) is 0 Å². The van der Waals surface area contributed by atoms with E-state index in [4.69, 9.17) is 21.1 Å². The van der Waals surface area contributed by atoms with Crippen LogP contribution >= 0.6 is 11.6 Å². The lowest BCUT2D eigenvalue weighted by Gasteiger charge is -2.06. The molecule has 0 aromatic heterocycles. The van der Waals surface area contributed by atoms with Crippen molar-refractivity contribution in [2.45, 2.75) is 13.0 Å². The number of rotatable bonds is 3. The Morgan fingerprint density at radius 3 is 3.00 bits per heavy atom. The summed E-state index contributed by atoms with van der Waals surface area (Å²) in [6, 6.07) is 5.76. The van der Waals surface area contributed by atoms with E-state index in [-0.39, 0.29) is 6.10 Å². The van der Waals surface area contributed by atoms with Gasteiger partial charge in [0.1, 0.15) is 18.5 Å². The molecule has 1 unspecified atom stereocenters. The Balaban J connectivity index is 2.01. The maximum absolute atomic E-state index is 5.97. The summed E-state index contributed by atoms with van der Waals surface area (Å²) in [7, 11) is 0. The molecule has 2 rings (SSSR count). The minimum atomic E-state index is 0.275. The molecule has 1 heterocycles. The largest absolute Gasteiger partial charge is 0.489 e. The number of hydrogen-bond acceptors (Lipinski definition) is 2. The molecule has 70 valence electrons. The molecule has 1 aliphatic heterocycles. The van der Waals surface area contributed by atoms with Gasteiger partial charge in [0.25, 0.3) is 0 Å². The van der Waals surface area contributed by atoms with Crippen molar-refractivity contribution in [3.8, 4) is 5.75 Å². The van der Waals surface area contributed by atoms with Crippen molar-refractivity contribution < 1.29 is 9.47 Å². The van der Waals surface area contributed by atoms with Gasteiger partial charge < -0.3 is 9.47 Å². The Hall–Kier alpha value is -0.730. The van der Waals surface area contributed by atoms with Crippen molar-refractivity contribution in [2.24, 2.45) is 0 Å². The predicted octanol–water partition coefficient (Wildman–Crippen LogP) is 2.43. The monoisotopic (exact) mass is 198 g/mol. The second-order valence-electron chi connectivity index (χ2n) is 3.20. The number of aryl methyl sites for hydroxylation is 1. The van der Waals surface area contributed by atoms with E-state index in [1.54, 1.807) is 0 Å². The van der Waals surface area contributed by atoms with E-state index >= 15 is 0 Å². The molecule has 2 nitrogen and oxygen atoms in total. The second-order valence-corrected chi connectivity index (χ2v) is 3.61. The van der Waals surface area contributed by atoms with E-state index in [9.17, 15) is 0 Å². The molecule has 1 aromatic rings. The molecule has 0 radical (unpaired) electrons. The van der Waals surface area contributed by atoms with E-state index < -0.39 is 0 Å². The summed E-state index contributed by atoms with van der Waals surface area (Å²) in [5, 5.41) is 0.667. The van der Waals surface area contributed by atoms with Gasteiger partial charge in [-0.05, 0) is 24.6 Å². The van der Waals surface area contributed by atoms with Crippen LogP contribution in [-0.4, -0.2) is 19.3 Å². The minimum absolute atomic E-state index is 0.275. The Labute approximate surface area is 82.4 Å². The van der Waals surface area contributed by atoms with Gasteiger partial charge in [0.15, 0.2) is 0 Å². The van der Waals surface area contributed by atoms with Gasteiger partial charge in [-0.1, -0.05) is 17.7 Å². The lowest BCUT2D eigenvalue weighted by atomic mass is 10.2. The van der Waals surface area contributed by atoms with Crippen molar-refractivity contribution in [3.05, 3.63) is 28.8 Å². The fraction of sp³-hybridized carbons (Fsp3) is 0.400. The SMILES string of the molecule is Cc1ccc(OCC2CO2)c(Cl)c1. The molecular formula is C10H11ClO2. The maximum atomic E-state index is 5.97. The van der Waals surface area contributed by atoms with Crippen molar-refractivity contribution in [3.63, 3.8) is 0 Å². The summed E-state index contributed by atoms with van der Waals surface area (Å²) in [4.78, 5) is 0. The normalized spacial score (nSPS) is 20.0. The van der Waals surface area contributed by atoms with Crippen molar-refractivity contribution in [1.82, 2.24) is 0 Å². The van der Waals surface area contributed by atoms with E-state index in [1.807, 2.05) is 25.1 Å². The first-order valence-corrected chi connectivity index (χ1v) is 4.64. The molecule has 1 fully saturated rings. The highest BCUT2D eigenvalue weighted by atomic mass is 35.5. The quantitative estimate of drug-likeness (QED) is 0.696. The smallest absolute Gasteiger partial charge is 0.138 e. The van der Waals surface area contributed by atoms with Crippen LogP contribution in [0.5, 0.6) is 5.75 Å². The number of halogens is 1. The summed E-state index contributed by atoms with van der Waals surface area (Å²) in [6.07, 6.45) is 0.275. The Morgan fingerprint density at radius 2 is 2.38 bits per heavy atom. The minimum Gasteiger partial charge on any atom is -0.489 e. The third kappa shape index (κ3) is 2.36.